The van der Waals surface area contributed by atoms with Crippen molar-refractivity contribution in [3.05, 3.63) is 59.9 Å². The van der Waals surface area contributed by atoms with Gasteiger partial charge in [-0.05, 0) is 79.8 Å². The van der Waals surface area contributed by atoms with Crippen LogP contribution in [0.4, 0.5) is 0 Å². The molecule has 390 valence electrons. The molecule has 20 nitrogen and oxygen atoms in total. The standard InChI is InChI=1S/C26H39N5O5.C25H37N5O5/c1-15(2)11-18(12-24(33)28-14-23(27)32)29-26(34)19-13-20(31(30-19)17(5)16(3)4)25-21(35-6)9-8-10-22(25)36-7;1-15(2)10-17(11-23(32)27-13-22(26)31)28-25(33)18-12-19(30(29-18)14-16(3)4)24-20(34-5)8-7-9-21(24)35-6/h8-10,13,15-18H,11-12,14H2,1-7H3,(H2,27,32)(H,28,33)(H,29,34);7-9,12,15-17H,10-11,13-14H2,1-6H3,(H2,26,31)(H,27,32)(H,28,33)/t17?,18-;17-/m00/s1. The highest BCUT2D eigenvalue weighted by Crippen LogP contribution is 2.41. The minimum absolute atomic E-state index is 0.0213. The first kappa shape index (κ1) is 58.2. The minimum Gasteiger partial charge on any atom is -0.496 e. The molecule has 20 heteroatoms. The zero-order valence-corrected chi connectivity index (χ0v) is 43.6. The van der Waals surface area contributed by atoms with E-state index in [1.54, 1.807) is 45.3 Å². The molecule has 71 heavy (non-hydrogen) atoms. The summed E-state index contributed by atoms with van der Waals surface area (Å²) in [5.74, 6) is 0.606. The molecule has 3 atom stereocenters. The summed E-state index contributed by atoms with van der Waals surface area (Å²) in [6.07, 6.45) is 1.20. The van der Waals surface area contributed by atoms with Crippen molar-refractivity contribution < 1.29 is 47.7 Å². The van der Waals surface area contributed by atoms with Gasteiger partial charge in [-0.15, -0.1) is 0 Å². The second-order valence-electron chi connectivity index (χ2n) is 18.9. The lowest BCUT2D eigenvalue weighted by atomic mass is 10.0. The number of nitrogens with zero attached hydrogens (tertiary/aromatic N) is 4. The van der Waals surface area contributed by atoms with Crippen LogP contribution >= 0.6 is 0 Å². The number of ether oxygens (including phenoxy) is 4. The summed E-state index contributed by atoms with van der Waals surface area (Å²) < 4.78 is 25.9. The Hall–Kier alpha value is -7.12. The Kier molecular flexibility index (Phi) is 22.9. The first-order chi connectivity index (χ1) is 33.5. The van der Waals surface area contributed by atoms with Gasteiger partial charge < -0.3 is 51.7 Å². The molecule has 0 saturated heterocycles. The molecule has 4 rings (SSSR count). The van der Waals surface area contributed by atoms with Gasteiger partial charge in [0, 0.05) is 31.5 Å². The van der Waals surface area contributed by atoms with Gasteiger partial charge in [-0.3, -0.25) is 38.1 Å². The Morgan fingerprint density at radius 2 is 0.944 bits per heavy atom. The van der Waals surface area contributed by atoms with Gasteiger partial charge in [-0.1, -0.05) is 67.5 Å². The molecule has 2 heterocycles. The van der Waals surface area contributed by atoms with Crippen LogP contribution in [0.3, 0.4) is 0 Å². The normalized spacial score (nSPS) is 12.4. The zero-order chi connectivity index (χ0) is 53.1. The number of aromatic nitrogens is 4. The molecule has 8 N–H and O–H groups in total. The number of nitrogens with one attached hydrogen (secondary N) is 4. The van der Waals surface area contributed by atoms with Crippen molar-refractivity contribution in [1.29, 1.82) is 0 Å². The number of nitrogens with two attached hydrogens (primary N) is 2. The van der Waals surface area contributed by atoms with E-state index in [4.69, 9.17) is 30.4 Å². The monoisotopic (exact) mass is 989 g/mol. The van der Waals surface area contributed by atoms with Crippen LogP contribution in [-0.2, 0) is 25.7 Å². The van der Waals surface area contributed by atoms with Gasteiger partial charge in [0.1, 0.15) is 23.0 Å². The van der Waals surface area contributed by atoms with Crippen molar-refractivity contribution in [2.75, 3.05) is 41.5 Å². The van der Waals surface area contributed by atoms with E-state index in [0.29, 0.717) is 64.9 Å². The molecule has 0 aliphatic carbocycles. The fourth-order valence-electron chi connectivity index (χ4n) is 7.71. The number of methoxy groups -OCH3 is 4. The molecular formula is C51H76N10O10. The lowest BCUT2D eigenvalue weighted by Gasteiger charge is -2.21. The Balaban J connectivity index is 0.000000375. The van der Waals surface area contributed by atoms with E-state index in [1.165, 1.54) is 0 Å². The zero-order valence-electron chi connectivity index (χ0n) is 43.6. The summed E-state index contributed by atoms with van der Waals surface area (Å²) in [5, 5.41) is 20.1. The summed E-state index contributed by atoms with van der Waals surface area (Å²) in [6, 6.07) is 13.5. The molecule has 1 unspecified atom stereocenters. The molecule has 2 aromatic carbocycles. The average Bonchev–Trinajstić information content (AvgIpc) is 3.93. The van der Waals surface area contributed by atoms with E-state index in [9.17, 15) is 28.8 Å². The maximum Gasteiger partial charge on any atom is 0.272 e. The van der Waals surface area contributed by atoms with Crippen LogP contribution in [0.5, 0.6) is 23.0 Å². The topological polar surface area (TPSA) is 275 Å². The number of hydrogen-bond donors (Lipinski definition) is 6. The Morgan fingerprint density at radius 1 is 0.563 bits per heavy atom. The van der Waals surface area contributed by atoms with Crippen molar-refractivity contribution in [3.8, 4) is 45.5 Å². The van der Waals surface area contributed by atoms with E-state index < -0.39 is 35.7 Å². The number of primary amides is 2. The van der Waals surface area contributed by atoms with Gasteiger partial charge in [-0.25, -0.2) is 0 Å². The number of amides is 6. The highest BCUT2D eigenvalue weighted by atomic mass is 16.5. The summed E-state index contributed by atoms with van der Waals surface area (Å²) in [4.78, 5) is 73.0. The van der Waals surface area contributed by atoms with E-state index >= 15 is 0 Å². The highest BCUT2D eigenvalue weighted by molar-refractivity contribution is 5.95. The molecule has 0 aliphatic heterocycles. The van der Waals surface area contributed by atoms with Crippen molar-refractivity contribution in [3.63, 3.8) is 0 Å². The second-order valence-corrected chi connectivity index (χ2v) is 18.9. The fraction of sp³-hybridized carbons (Fsp3) is 0.529. The molecule has 0 fully saturated rings. The average molecular weight is 989 g/mol. The quantitative estimate of drug-likeness (QED) is 0.0469. The molecule has 0 saturated carbocycles. The first-order valence-electron chi connectivity index (χ1n) is 23.8. The number of carbonyl (C=O) groups excluding carboxylic acids is 6. The van der Waals surface area contributed by atoms with Gasteiger partial charge >= 0.3 is 0 Å². The third-order valence-corrected chi connectivity index (χ3v) is 11.2. The molecule has 0 aliphatic rings. The highest BCUT2D eigenvalue weighted by Gasteiger charge is 2.28. The number of benzene rings is 2. The fourth-order valence-corrected chi connectivity index (χ4v) is 7.71. The van der Waals surface area contributed by atoms with Gasteiger partial charge in [0.2, 0.25) is 23.6 Å². The SMILES string of the molecule is COc1cccc(OC)c1-c1cc(C(=O)N[C@H](CC(=O)NCC(N)=O)CC(C)C)nn1C(C)C(C)C.COc1cccc(OC)c1-c1cc(C(=O)N[C@H](CC(=O)NCC(N)=O)CC(C)C)nn1CC(C)C. The van der Waals surface area contributed by atoms with E-state index in [1.807, 2.05) is 75.7 Å². The maximum absolute atomic E-state index is 13.3. The second kappa shape index (κ2) is 27.9. The van der Waals surface area contributed by atoms with Crippen LogP contribution in [0.1, 0.15) is 115 Å². The molecule has 4 aromatic rings. The number of hydrogen-bond acceptors (Lipinski definition) is 12. The van der Waals surface area contributed by atoms with Crippen LogP contribution in [0, 0.1) is 23.7 Å². The lowest BCUT2D eigenvalue weighted by molar-refractivity contribution is -0.125. The molecule has 6 amide bonds. The predicted molar refractivity (Wildman–Crippen MR) is 271 cm³/mol. The lowest BCUT2D eigenvalue weighted by Crippen LogP contribution is -2.41. The van der Waals surface area contributed by atoms with Gasteiger partial charge in [0.25, 0.3) is 11.8 Å². The van der Waals surface area contributed by atoms with Crippen molar-refractivity contribution in [2.45, 2.75) is 113 Å². The molecule has 0 radical (unpaired) electrons. The van der Waals surface area contributed by atoms with Gasteiger partial charge in [-0.2, -0.15) is 10.2 Å². The van der Waals surface area contributed by atoms with Crippen LogP contribution in [0.2, 0.25) is 0 Å². The van der Waals surface area contributed by atoms with Crippen molar-refractivity contribution >= 4 is 35.4 Å². The van der Waals surface area contributed by atoms with Gasteiger partial charge in [0.05, 0.1) is 70.1 Å². The van der Waals surface area contributed by atoms with Gasteiger partial charge in [0.15, 0.2) is 11.4 Å². The minimum atomic E-state index is -0.628. The smallest absolute Gasteiger partial charge is 0.272 e. The van der Waals surface area contributed by atoms with Crippen molar-refractivity contribution in [1.82, 2.24) is 40.8 Å². The van der Waals surface area contributed by atoms with E-state index in [-0.39, 0.29) is 78.8 Å². The van der Waals surface area contributed by atoms with Crippen LogP contribution in [0.25, 0.3) is 22.5 Å². The van der Waals surface area contributed by atoms with E-state index in [2.05, 4.69) is 59.2 Å². The van der Waals surface area contributed by atoms with E-state index in [0.717, 1.165) is 0 Å². The summed E-state index contributed by atoms with van der Waals surface area (Å²) in [7, 11) is 6.32. The molecular weight excluding hydrogens is 913 g/mol. The van der Waals surface area contributed by atoms with Crippen LogP contribution in [-0.4, -0.2) is 109 Å². The Morgan fingerprint density at radius 3 is 1.30 bits per heavy atom. The number of carbonyl (C=O) groups is 6. The molecule has 0 bridgehead atoms. The third-order valence-electron chi connectivity index (χ3n) is 11.2. The maximum atomic E-state index is 13.3. The van der Waals surface area contributed by atoms with Crippen molar-refractivity contribution in [2.24, 2.45) is 35.1 Å². The summed E-state index contributed by atoms with van der Waals surface area (Å²) in [5.41, 5.74) is 13.4. The summed E-state index contributed by atoms with van der Waals surface area (Å²) >= 11 is 0. The Labute approximate surface area is 417 Å². The summed E-state index contributed by atoms with van der Waals surface area (Å²) in [6.45, 7) is 18.4. The predicted octanol–water partition coefficient (Wildman–Crippen LogP) is 5.28. The van der Waals surface area contributed by atoms with Crippen LogP contribution < -0.4 is 51.7 Å². The Bertz CT molecular complexity index is 2380. The molecule has 0 spiro atoms. The molecule has 2 aromatic heterocycles. The number of rotatable bonds is 26. The first-order valence-corrected chi connectivity index (χ1v) is 23.8. The largest absolute Gasteiger partial charge is 0.496 e. The van der Waals surface area contributed by atoms with Crippen LogP contribution in [0.15, 0.2) is 48.5 Å². The third kappa shape index (κ3) is 17.7.